The third kappa shape index (κ3) is 3.19. The minimum absolute atomic E-state index is 0.0214. The number of carbonyl (C=O) groups excluding carboxylic acids is 1. The van der Waals surface area contributed by atoms with Crippen LogP contribution in [0.4, 0.5) is 5.69 Å². The highest BCUT2D eigenvalue weighted by Crippen LogP contribution is 2.17. The number of aryl methyl sites for hydroxylation is 1. The van der Waals surface area contributed by atoms with Gasteiger partial charge < -0.3 is 15.4 Å². The standard InChI is InChI=1S/C13H13N3O3/c1-8-6-10(12(15-8)13(18)19)16-11(17)7-9-4-2-3-5-14-9/h2-6,15H,7H2,1H3,(H,16,17)(H,18,19). The second-order valence-corrected chi connectivity index (χ2v) is 4.09. The third-order valence-electron chi connectivity index (χ3n) is 2.51. The second kappa shape index (κ2) is 5.34. The Kier molecular flexibility index (Phi) is 3.61. The number of nitrogens with one attached hydrogen (secondary N) is 2. The number of aromatic nitrogens is 2. The molecule has 0 aliphatic heterocycles. The Morgan fingerprint density at radius 2 is 2.21 bits per heavy atom. The molecule has 0 saturated heterocycles. The molecule has 0 spiro atoms. The molecule has 0 aliphatic carbocycles. The van der Waals surface area contributed by atoms with Gasteiger partial charge >= 0.3 is 5.97 Å². The van der Waals surface area contributed by atoms with Crippen LogP contribution >= 0.6 is 0 Å². The Morgan fingerprint density at radius 3 is 2.84 bits per heavy atom. The van der Waals surface area contributed by atoms with E-state index in [1.165, 1.54) is 0 Å². The van der Waals surface area contributed by atoms with Crippen LogP contribution in [0.3, 0.4) is 0 Å². The topological polar surface area (TPSA) is 95.1 Å². The Labute approximate surface area is 109 Å². The molecule has 0 aliphatic rings. The number of aromatic carboxylic acids is 1. The lowest BCUT2D eigenvalue weighted by Crippen LogP contribution is -2.16. The number of H-pyrrole nitrogens is 1. The van der Waals surface area contributed by atoms with Crippen LogP contribution in [0.25, 0.3) is 0 Å². The van der Waals surface area contributed by atoms with Crippen LogP contribution in [0.15, 0.2) is 30.5 Å². The first kappa shape index (κ1) is 12.8. The van der Waals surface area contributed by atoms with E-state index in [0.29, 0.717) is 11.4 Å². The van der Waals surface area contributed by atoms with Crippen LogP contribution in [0.2, 0.25) is 0 Å². The predicted octanol–water partition coefficient (Wildman–Crippen LogP) is 1.60. The molecule has 19 heavy (non-hydrogen) atoms. The van der Waals surface area contributed by atoms with Crippen molar-refractivity contribution in [1.29, 1.82) is 0 Å². The average molecular weight is 259 g/mol. The van der Waals surface area contributed by atoms with Crippen molar-refractivity contribution in [3.63, 3.8) is 0 Å². The minimum Gasteiger partial charge on any atom is -0.477 e. The van der Waals surface area contributed by atoms with Crippen molar-refractivity contribution in [3.8, 4) is 0 Å². The number of carboxylic acids is 1. The molecule has 3 N–H and O–H groups in total. The van der Waals surface area contributed by atoms with Gasteiger partial charge in [-0.1, -0.05) is 6.07 Å². The molecule has 0 aromatic carbocycles. The lowest BCUT2D eigenvalue weighted by molar-refractivity contribution is -0.115. The third-order valence-corrected chi connectivity index (χ3v) is 2.51. The molecular weight excluding hydrogens is 246 g/mol. The number of anilines is 1. The van der Waals surface area contributed by atoms with E-state index < -0.39 is 5.97 Å². The maximum atomic E-state index is 11.8. The summed E-state index contributed by atoms with van der Waals surface area (Å²) >= 11 is 0. The molecule has 2 heterocycles. The molecule has 6 nitrogen and oxygen atoms in total. The summed E-state index contributed by atoms with van der Waals surface area (Å²) in [6, 6.07) is 6.87. The van der Waals surface area contributed by atoms with Gasteiger partial charge in [-0.2, -0.15) is 0 Å². The number of pyridine rings is 1. The smallest absolute Gasteiger partial charge is 0.354 e. The van der Waals surface area contributed by atoms with Crippen molar-refractivity contribution in [2.75, 3.05) is 5.32 Å². The van der Waals surface area contributed by atoms with Crippen LogP contribution in [0, 0.1) is 6.92 Å². The maximum absolute atomic E-state index is 11.8. The molecule has 1 amide bonds. The first-order chi connectivity index (χ1) is 9.06. The molecule has 0 unspecified atom stereocenters. The SMILES string of the molecule is Cc1cc(NC(=O)Cc2ccccn2)c(C(=O)O)[nH]1. The van der Waals surface area contributed by atoms with Gasteiger partial charge in [-0.3, -0.25) is 9.78 Å². The van der Waals surface area contributed by atoms with Crippen molar-refractivity contribution in [1.82, 2.24) is 9.97 Å². The van der Waals surface area contributed by atoms with E-state index in [0.717, 1.165) is 0 Å². The first-order valence-corrected chi connectivity index (χ1v) is 5.69. The van der Waals surface area contributed by atoms with E-state index in [1.807, 2.05) is 0 Å². The zero-order valence-electron chi connectivity index (χ0n) is 10.3. The Morgan fingerprint density at radius 1 is 1.42 bits per heavy atom. The highest BCUT2D eigenvalue weighted by molar-refractivity contribution is 6.00. The molecule has 6 heteroatoms. The second-order valence-electron chi connectivity index (χ2n) is 4.09. The number of carboxylic acid groups (broad SMARTS) is 1. The molecular formula is C13H13N3O3. The van der Waals surface area contributed by atoms with Gasteiger partial charge in [0.05, 0.1) is 12.1 Å². The maximum Gasteiger partial charge on any atom is 0.354 e. The number of nitrogens with zero attached hydrogens (tertiary/aromatic N) is 1. The van der Waals surface area contributed by atoms with E-state index in [2.05, 4.69) is 15.3 Å². The summed E-state index contributed by atoms with van der Waals surface area (Å²) in [6.45, 7) is 1.72. The number of hydrogen-bond donors (Lipinski definition) is 3. The Hall–Kier alpha value is -2.63. The van der Waals surface area contributed by atoms with Gasteiger partial charge in [-0.15, -0.1) is 0 Å². The Balaban J connectivity index is 2.09. The average Bonchev–Trinajstić information content (AvgIpc) is 2.71. The lowest BCUT2D eigenvalue weighted by atomic mass is 10.2. The van der Waals surface area contributed by atoms with Crippen molar-refractivity contribution in [3.05, 3.63) is 47.5 Å². The van der Waals surface area contributed by atoms with Crippen LogP contribution < -0.4 is 5.32 Å². The number of hydrogen-bond acceptors (Lipinski definition) is 3. The van der Waals surface area contributed by atoms with Crippen molar-refractivity contribution < 1.29 is 14.7 Å². The largest absolute Gasteiger partial charge is 0.477 e. The van der Waals surface area contributed by atoms with Gasteiger partial charge in [0.1, 0.15) is 5.69 Å². The monoisotopic (exact) mass is 259 g/mol. The molecule has 2 aromatic heterocycles. The van der Waals surface area contributed by atoms with E-state index in [4.69, 9.17) is 5.11 Å². The van der Waals surface area contributed by atoms with Crippen LogP contribution in [0.5, 0.6) is 0 Å². The highest BCUT2D eigenvalue weighted by atomic mass is 16.4. The lowest BCUT2D eigenvalue weighted by Gasteiger charge is -2.03. The van der Waals surface area contributed by atoms with Crippen LogP contribution in [-0.4, -0.2) is 27.0 Å². The zero-order chi connectivity index (χ0) is 13.8. The van der Waals surface area contributed by atoms with Crippen LogP contribution in [-0.2, 0) is 11.2 Å². The summed E-state index contributed by atoms with van der Waals surface area (Å²) in [5, 5.41) is 11.6. The fourth-order valence-electron chi connectivity index (χ4n) is 1.72. The van der Waals surface area contributed by atoms with E-state index in [-0.39, 0.29) is 23.7 Å². The summed E-state index contributed by atoms with van der Waals surface area (Å²) < 4.78 is 0. The fourth-order valence-corrected chi connectivity index (χ4v) is 1.72. The quantitative estimate of drug-likeness (QED) is 0.777. The summed E-state index contributed by atoms with van der Waals surface area (Å²) in [7, 11) is 0. The summed E-state index contributed by atoms with van der Waals surface area (Å²) in [5.74, 6) is -1.42. The highest BCUT2D eigenvalue weighted by Gasteiger charge is 2.15. The molecule has 0 bridgehead atoms. The van der Waals surface area contributed by atoms with Crippen molar-refractivity contribution in [2.24, 2.45) is 0 Å². The predicted molar refractivity (Wildman–Crippen MR) is 69.1 cm³/mol. The summed E-state index contributed by atoms with van der Waals surface area (Å²) in [5.41, 5.74) is 1.55. The molecule has 0 radical (unpaired) electrons. The van der Waals surface area contributed by atoms with Gasteiger partial charge in [0, 0.05) is 17.6 Å². The van der Waals surface area contributed by atoms with Crippen molar-refractivity contribution >= 4 is 17.6 Å². The van der Waals surface area contributed by atoms with E-state index in [9.17, 15) is 9.59 Å². The number of amides is 1. The molecule has 2 aromatic rings. The van der Waals surface area contributed by atoms with E-state index in [1.54, 1.807) is 37.4 Å². The first-order valence-electron chi connectivity index (χ1n) is 5.69. The molecule has 0 fully saturated rings. The minimum atomic E-state index is -1.11. The zero-order valence-corrected chi connectivity index (χ0v) is 10.3. The summed E-state index contributed by atoms with van der Waals surface area (Å²) in [4.78, 5) is 29.5. The van der Waals surface area contributed by atoms with Gasteiger partial charge in [0.15, 0.2) is 0 Å². The van der Waals surface area contributed by atoms with Crippen LogP contribution in [0.1, 0.15) is 21.9 Å². The molecule has 98 valence electrons. The Bertz CT molecular complexity index is 605. The number of aromatic amines is 1. The van der Waals surface area contributed by atoms with E-state index >= 15 is 0 Å². The molecule has 2 rings (SSSR count). The number of carbonyl (C=O) groups is 2. The van der Waals surface area contributed by atoms with Gasteiger partial charge in [-0.05, 0) is 25.1 Å². The summed E-state index contributed by atoms with van der Waals surface area (Å²) in [6.07, 6.45) is 1.70. The normalized spacial score (nSPS) is 10.2. The molecule has 0 atom stereocenters. The molecule has 0 saturated carbocycles. The van der Waals surface area contributed by atoms with Gasteiger partial charge in [0.2, 0.25) is 5.91 Å². The van der Waals surface area contributed by atoms with Gasteiger partial charge in [-0.25, -0.2) is 4.79 Å². The number of rotatable bonds is 4. The van der Waals surface area contributed by atoms with Crippen molar-refractivity contribution in [2.45, 2.75) is 13.3 Å². The fraction of sp³-hybridized carbons (Fsp3) is 0.154. The van der Waals surface area contributed by atoms with Gasteiger partial charge in [0.25, 0.3) is 0 Å².